The van der Waals surface area contributed by atoms with E-state index in [2.05, 4.69) is 0 Å². The van der Waals surface area contributed by atoms with E-state index in [4.69, 9.17) is 20.4 Å². The Hall–Kier alpha value is -1.95. The van der Waals surface area contributed by atoms with Crippen LogP contribution < -0.4 is 0 Å². The van der Waals surface area contributed by atoms with Crippen LogP contribution in [-0.2, 0) is 0 Å². The summed E-state index contributed by atoms with van der Waals surface area (Å²) in [4.78, 5) is 10.3. The van der Waals surface area contributed by atoms with Gasteiger partial charge in [0.1, 0.15) is 0 Å². The van der Waals surface area contributed by atoms with Gasteiger partial charge in [-0.1, -0.05) is 0 Å². The van der Waals surface area contributed by atoms with Gasteiger partial charge in [-0.3, -0.25) is 0 Å². The zero-order valence-corrected chi connectivity index (χ0v) is 6.35. The molecule has 0 aromatic heterocycles. The fourth-order valence-electron chi connectivity index (χ4n) is 0.728. The Kier molecular flexibility index (Phi) is 3.09. The van der Waals surface area contributed by atoms with Gasteiger partial charge in [0.25, 0.3) is 0 Å². The third kappa shape index (κ3) is 2.00. The van der Waals surface area contributed by atoms with E-state index in [1.165, 1.54) is 0 Å². The Labute approximate surface area is 72.6 Å². The second kappa shape index (κ2) is 3.63. The minimum atomic E-state index is -1.29. The van der Waals surface area contributed by atoms with Crippen LogP contribution in [0.25, 0.3) is 0 Å². The number of benzene rings is 1. The Morgan fingerprint density at radius 3 is 1.77 bits per heavy atom. The molecule has 6 nitrogen and oxygen atoms in total. The minimum Gasteiger partial charge on any atom is -0.504 e. The lowest BCUT2D eigenvalue weighted by Gasteiger charge is -2.01. The molecule has 0 aliphatic carbocycles. The molecule has 0 unspecified atom stereocenters. The van der Waals surface area contributed by atoms with Crippen molar-refractivity contribution in [1.82, 2.24) is 0 Å². The number of hydrogen-bond acceptors (Lipinski definition) is 4. The molecular weight excluding hydrogens is 180 g/mol. The van der Waals surface area contributed by atoms with Crippen LogP contribution in [0.15, 0.2) is 12.1 Å². The number of carbonyl (C=O) groups is 1. The molecular formula is C7H8O6. The number of aromatic hydroxyl groups is 3. The third-order valence-corrected chi connectivity index (χ3v) is 1.32. The van der Waals surface area contributed by atoms with Gasteiger partial charge in [0.05, 0.1) is 5.56 Å². The second-order valence-electron chi connectivity index (χ2n) is 2.17. The van der Waals surface area contributed by atoms with Crippen LogP contribution in [0.5, 0.6) is 17.2 Å². The number of hydrogen-bond donors (Lipinski definition) is 4. The SMILES string of the molecule is O.O=C(O)c1cc(O)c(O)c(O)c1. The first-order chi connectivity index (χ1) is 5.52. The number of phenolic OH excluding ortho intramolecular Hbond substituents is 3. The number of carboxylic acid groups (broad SMARTS) is 1. The maximum absolute atomic E-state index is 10.3. The van der Waals surface area contributed by atoms with Crippen molar-refractivity contribution < 1.29 is 30.7 Å². The summed E-state index contributed by atoms with van der Waals surface area (Å²) in [5.41, 5.74) is -0.289. The molecule has 0 atom stereocenters. The van der Waals surface area contributed by atoms with Gasteiger partial charge in [-0.25, -0.2) is 4.79 Å². The van der Waals surface area contributed by atoms with E-state index in [1.807, 2.05) is 0 Å². The topological polar surface area (TPSA) is 129 Å². The molecule has 0 radical (unpaired) electrons. The van der Waals surface area contributed by atoms with Crippen LogP contribution in [0.3, 0.4) is 0 Å². The monoisotopic (exact) mass is 188 g/mol. The average Bonchev–Trinajstić information content (AvgIpc) is 1.99. The largest absolute Gasteiger partial charge is 0.504 e. The Morgan fingerprint density at radius 1 is 1.08 bits per heavy atom. The summed E-state index contributed by atoms with van der Waals surface area (Å²) < 4.78 is 0. The molecule has 0 fully saturated rings. The molecule has 0 bridgehead atoms. The maximum Gasteiger partial charge on any atom is 0.335 e. The van der Waals surface area contributed by atoms with E-state index in [-0.39, 0.29) is 11.0 Å². The molecule has 1 aromatic rings. The molecule has 72 valence electrons. The predicted molar refractivity (Wildman–Crippen MR) is 42.0 cm³/mol. The van der Waals surface area contributed by atoms with Crippen molar-refractivity contribution >= 4 is 5.97 Å². The summed E-state index contributed by atoms with van der Waals surface area (Å²) in [6, 6.07) is 1.69. The van der Waals surface area contributed by atoms with Gasteiger partial charge in [-0.15, -0.1) is 0 Å². The highest BCUT2D eigenvalue weighted by molar-refractivity contribution is 5.89. The van der Waals surface area contributed by atoms with E-state index in [0.29, 0.717) is 0 Å². The van der Waals surface area contributed by atoms with Crippen molar-refractivity contribution in [3.63, 3.8) is 0 Å². The highest BCUT2D eigenvalue weighted by Crippen LogP contribution is 2.35. The summed E-state index contributed by atoms with van der Waals surface area (Å²) in [5, 5.41) is 35.0. The molecule has 13 heavy (non-hydrogen) atoms. The molecule has 6 heteroatoms. The quantitative estimate of drug-likeness (QED) is 0.448. The summed E-state index contributed by atoms with van der Waals surface area (Å²) in [7, 11) is 0. The number of rotatable bonds is 1. The van der Waals surface area contributed by atoms with Gasteiger partial charge >= 0.3 is 5.97 Å². The van der Waals surface area contributed by atoms with Crippen LogP contribution in [0, 0.1) is 0 Å². The van der Waals surface area contributed by atoms with Gasteiger partial charge in [0.15, 0.2) is 17.2 Å². The Morgan fingerprint density at radius 2 is 1.46 bits per heavy atom. The minimum absolute atomic E-state index is 0. The summed E-state index contributed by atoms with van der Waals surface area (Å²) in [5.74, 6) is -3.33. The van der Waals surface area contributed by atoms with Crippen LogP contribution in [0.1, 0.15) is 10.4 Å². The smallest absolute Gasteiger partial charge is 0.335 e. The van der Waals surface area contributed by atoms with E-state index >= 15 is 0 Å². The standard InChI is InChI=1S/C7H6O5.H2O/c8-4-1-3(7(11)12)2-5(9)6(4)10;/h1-2,8-10H,(H,11,12);1H2. The lowest BCUT2D eigenvalue weighted by molar-refractivity contribution is 0.0696. The molecule has 1 aromatic carbocycles. The second-order valence-corrected chi connectivity index (χ2v) is 2.17. The molecule has 0 heterocycles. The van der Waals surface area contributed by atoms with Gasteiger partial charge in [0, 0.05) is 0 Å². The first-order valence-electron chi connectivity index (χ1n) is 3.00. The number of aromatic carboxylic acids is 1. The lowest BCUT2D eigenvalue weighted by atomic mass is 10.2. The first-order valence-corrected chi connectivity index (χ1v) is 3.00. The van der Waals surface area contributed by atoms with Crippen molar-refractivity contribution in [2.45, 2.75) is 0 Å². The Balaban J connectivity index is 0.00000144. The van der Waals surface area contributed by atoms with Crippen molar-refractivity contribution in [2.75, 3.05) is 0 Å². The summed E-state index contributed by atoms with van der Waals surface area (Å²) in [6.45, 7) is 0. The van der Waals surface area contributed by atoms with Crippen molar-refractivity contribution in [1.29, 1.82) is 0 Å². The molecule has 6 N–H and O–H groups in total. The van der Waals surface area contributed by atoms with Crippen molar-refractivity contribution in [3.05, 3.63) is 17.7 Å². The number of carboxylic acids is 1. The van der Waals surface area contributed by atoms with Crippen LogP contribution in [0.4, 0.5) is 0 Å². The molecule has 0 spiro atoms. The molecule has 0 aliphatic heterocycles. The first kappa shape index (κ1) is 11.1. The van der Waals surface area contributed by atoms with Crippen molar-refractivity contribution in [2.24, 2.45) is 0 Å². The molecule has 0 amide bonds. The van der Waals surface area contributed by atoms with Crippen LogP contribution in [-0.4, -0.2) is 31.9 Å². The van der Waals surface area contributed by atoms with E-state index < -0.39 is 23.2 Å². The highest BCUT2D eigenvalue weighted by atomic mass is 16.4. The zero-order chi connectivity index (χ0) is 9.30. The normalized spacial score (nSPS) is 8.92. The van der Waals surface area contributed by atoms with Gasteiger partial charge in [-0.2, -0.15) is 0 Å². The van der Waals surface area contributed by atoms with E-state index in [0.717, 1.165) is 12.1 Å². The van der Waals surface area contributed by atoms with Crippen LogP contribution in [0.2, 0.25) is 0 Å². The predicted octanol–water partition coefficient (Wildman–Crippen LogP) is -0.323. The fraction of sp³-hybridized carbons (Fsp3) is 0. The third-order valence-electron chi connectivity index (χ3n) is 1.32. The van der Waals surface area contributed by atoms with E-state index in [1.54, 1.807) is 0 Å². The summed E-state index contributed by atoms with van der Waals surface area (Å²) in [6.07, 6.45) is 0. The van der Waals surface area contributed by atoms with Gasteiger partial charge in [0.2, 0.25) is 0 Å². The number of phenols is 3. The lowest BCUT2D eigenvalue weighted by Crippen LogP contribution is -1.95. The molecule has 1 rings (SSSR count). The molecule has 0 saturated carbocycles. The van der Waals surface area contributed by atoms with Crippen molar-refractivity contribution in [3.8, 4) is 17.2 Å². The average molecular weight is 188 g/mol. The fourth-order valence-corrected chi connectivity index (χ4v) is 0.728. The summed E-state index contributed by atoms with van der Waals surface area (Å²) >= 11 is 0. The highest BCUT2D eigenvalue weighted by Gasteiger charge is 2.11. The molecule has 0 saturated heterocycles. The zero-order valence-electron chi connectivity index (χ0n) is 6.35. The maximum atomic E-state index is 10.3. The van der Waals surface area contributed by atoms with E-state index in [9.17, 15) is 4.79 Å². The van der Waals surface area contributed by atoms with Crippen LogP contribution >= 0.6 is 0 Å². The Bertz CT molecular complexity index is 309. The molecule has 0 aliphatic rings. The van der Waals surface area contributed by atoms with Gasteiger partial charge in [-0.05, 0) is 12.1 Å². The van der Waals surface area contributed by atoms with Gasteiger partial charge < -0.3 is 25.9 Å².